The molecule has 174 valence electrons. The summed E-state index contributed by atoms with van der Waals surface area (Å²) in [6, 6.07) is 17.0. The van der Waals surface area contributed by atoms with Crippen molar-refractivity contribution in [3.8, 4) is 11.5 Å². The Balaban J connectivity index is 1.24. The molecule has 4 aromatic rings. The van der Waals surface area contributed by atoms with Gasteiger partial charge in [0.1, 0.15) is 18.0 Å². The van der Waals surface area contributed by atoms with Crippen LogP contribution < -0.4 is 14.8 Å². The Bertz CT molecular complexity index is 1300. The second kappa shape index (κ2) is 9.64. The minimum Gasteiger partial charge on any atom is -0.485 e. The first-order valence-electron chi connectivity index (χ1n) is 11.0. The number of carbonyl (C=O) groups excluding carboxylic acids is 1. The average Bonchev–Trinajstić information content (AvgIpc) is 3.47. The van der Waals surface area contributed by atoms with Crippen molar-refractivity contribution in [2.24, 2.45) is 0 Å². The van der Waals surface area contributed by atoms with Crippen LogP contribution in [0.25, 0.3) is 11.0 Å². The molecule has 8 nitrogen and oxygen atoms in total. The van der Waals surface area contributed by atoms with Gasteiger partial charge in [0.2, 0.25) is 5.91 Å². The lowest BCUT2D eigenvalue weighted by Crippen LogP contribution is -2.28. The second-order valence-electron chi connectivity index (χ2n) is 7.87. The van der Waals surface area contributed by atoms with E-state index in [9.17, 15) is 4.79 Å². The van der Waals surface area contributed by atoms with Gasteiger partial charge in [-0.05, 0) is 31.2 Å². The lowest BCUT2D eigenvalue weighted by Gasteiger charge is -2.26. The van der Waals surface area contributed by atoms with E-state index in [1.54, 1.807) is 6.08 Å². The number of furan rings is 1. The molecule has 1 aliphatic rings. The summed E-state index contributed by atoms with van der Waals surface area (Å²) < 4.78 is 19.7. The molecule has 2 unspecified atom stereocenters. The molecule has 1 amide bonds. The number of benzene rings is 2. The highest BCUT2D eigenvalue weighted by Gasteiger charge is 2.28. The van der Waals surface area contributed by atoms with Crippen molar-refractivity contribution in [3.05, 3.63) is 78.8 Å². The van der Waals surface area contributed by atoms with Gasteiger partial charge in [-0.3, -0.25) is 9.36 Å². The summed E-state index contributed by atoms with van der Waals surface area (Å²) in [4.78, 5) is 12.6. The zero-order valence-corrected chi connectivity index (χ0v) is 19.5. The zero-order chi connectivity index (χ0) is 23.5. The van der Waals surface area contributed by atoms with Crippen molar-refractivity contribution < 1.29 is 18.7 Å². The summed E-state index contributed by atoms with van der Waals surface area (Å²) in [5, 5.41) is 13.2. The Morgan fingerprint density at radius 2 is 2.03 bits per heavy atom. The van der Waals surface area contributed by atoms with E-state index < -0.39 is 6.10 Å². The molecule has 3 heterocycles. The number of allylic oxidation sites excluding steroid dienone is 1. The molecule has 0 aliphatic carbocycles. The Morgan fingerprint density at radius 1 is 1.24 bits per heavy atom. The highest BCUT2D eigenvalue weighted by molar-refractivity contribution is 7.99. The van der Waals surface area contributed by atoms with Crippen molar-refractivity contribution in [3.63, 3.8) is 0 Å². The Kier molecular flexibility index (Phi) is 6.27. The van der Waals surface area contributed by atoms with Crippen molar-refractivity contribution in [2.75, 3.05) is 12.4 Å². The molecule has 2 atom stereocenters. The number of hydrogen-bond donors (Lipinski definition) is 1. The van der Waals surface area contributed by atoms with Gasteiger partial charge in [-0.2, -0.15) is 0 Å². The molecule has 34 heavy (non-hydrogen) atoms. The predicted octanol–water partition coefficient (Wildman–Crippen LogP) is 4.69. The fourth-order valence-electron chi connectivity index (χ4n) is 3.79. The number of ether oxygens (including phenoxy) is 2. The highest BCUT2D eigenvalue weighted by Crippen LogP contribution is 2.36. The first-order chi connectivity index (χ1) is 16.6. The number of carbonyl (C=O) groups is 1. The van der Waals surface area contributed by atoms with Gasteiger partial charge < -0.3 is 19.2 Å². The van der Waals surface area contributed by atoms with Crippen molar-refractivity contribution in [1.82, 2.24) is 20.1 Å². The summed E-state index contributed by atoms with van der Waals surface area (Å²) >= 11 is 1.31. The van der Waals surface area contributed by atoms with Gasteiger partial charge in [-0.1, -0.05) is 48.2 Å². The van der Waals surface area contributed by atoms with Crippen molar-refractivity contribution >= 4 is 28.6 Å². The van der Waals surface area contributed by atoms with Gasteiger partial charge in [-0.15, -0.1) is 16.8 Å². The van der Waals surface area contributed by atoms with Crippen LogP contribution >= 0.6 is 11.8 Å². The molecular weight excluding hydrogens is 452 g/mol. The van der Waals surface area contributed by atoms with Crippen LogP contribution in [0.3, 0.4) is 0 Å². The van der Waals surface area contributed by atoms with Crippen LogP contribution in [0.1, 0.15) is 30.7 Å². The van der Waals surface area contributed by atoms with Crippen molar-refractivity contribution in [1.29, 1.82) is 0 Å². The summed E-state index contributed by atoms with van der Waals surface area (Å²) in [5.74, 6) is 2.78. The van der Waals surface area contributed by atoms with Gasteiger partial charge in [-0.25, -0.2) is 0 Å². The normalized spacial score (nSPS) is 15.7. The Labute approximate surface area is 200 Å². The van der Waals surface area contributed by atoms with Crippen LogP contribution in [0.15, 0.2) is 76.8 Å². The van der Waals surface area contributed by atoms with E-state index in [2.05, 4.69) is 22.1 Å². The number of nitrogens with zero attached hydrogens (tertiary/aromatic N) is 3. The minimum absolute atomic E-state index is 0.126. The van der Waals surface area contributed by atoms with Gasteiger partial charge in [0, 0.05) is 11.9 Å². The molecule has 0 fully saturated rings. The van der Waals surface area contributed by atoms with Crippen LogP contribution in [-0.2, 0) is 11.3 Å². The first kappa shape index (κ1) is 22.1. The zero-order valence-electron chi connectivity index (χ0n) is 18.6. The number of fused-ring (bicyclic) bond motifs is 2. The third-order valence-electron chi connectivity index (χ3n) is 5.43. The topological polar surface area (TPSA) is 91.4 Å². The monoisotopic (exact) mass is 476 g/mol. The predicted molar refractivity (Wildman–Crippen MR) is 129 cm³/mol. The summed E-state index contributed by atoms with van der Waals surface area (Å²) in [6.07, 6.45) is 1.36. The van der Waals surface area contributed by atoms with Crippen LogP contribution in [0.4, 0.5) is 0 Å². The summed E-state index contributed by atoms with van der Waals surface area (Å²) in [7, 11) is 0. The van der Waals surface area contributed by atoms with Crippen LogP contribution in [0.2, 0.25) is 0 Å². The van der Waals surface area contributed by atoms with E-state index in [-0.39, 0.29) is 17.7 Å². The number of aromatic nitrogens is 3. The van der Waals surface area contributed by atoms with Crippen LogP contribution in [-0.4, -0.2) is 33.0 Å². The quantitative estimate of drug-likeness (QED) is 0.291. The lowest BCUT2D eigenvalue weighted by atomic mass is 10.2. The molecule has 9 heteroatoms. The maximum atomic E-state index is 12.6. The SMILES string of the molecule is C=CCn1c(SCC(=O)NC(C)c2cc3ccccc3o2)nnc1C1COc2ccccc2O1. The summed E-state index contributed by atoms with van der Waals surface area (Å²) in [5.41, 5.74) is 0.801. The van der Waals surface area contributed by atoms with Gasteiger partial charge in [0.05, 0.1) is 11.8 Å². The maximum absolute atomic E-state index is 12.6. The molecule has 0 bridgehead atoms. The smallest absolute Gasteiger partial charge is 0.231 e. The molecule has 2 aromatic carbocycles. The number of para-hydroxylation sites is 3. The average molecular weight is 477 g/mol. The Morgan fingerprint density at radius 3 is 2.85 bits per heavy atom. The van der Waals surface area contributed by atoms with Crippen molar-refractivity contribution in [2.45, 2.75) is 30.8 Å². The number of thioether (sulfide) groups is 1. The number of amides is 1. The molecule has 5 rings (SSSR count). The van der Waals surface area contributed by atoms with E-state index >= 15 is 0 Å². The van der Waals surface area contributed by atoms with E-state index in [1.807, 2.05) is 66.1 Å². The van der Waals surface area contributed by atoms with E-state index in [1.165, 1.54) is 11.8 Å². The molecule has 0 saturated heterocycles. The number of nitrogens with one attached hydrogen (secondary N) is 1. The van der Waals surface area contributed by atoms with E-state index in [0.717, 1.165) is 11.0 Å². The number of hydrogen-bond acceptors (Lipinski definition) is 7. The standard InChI is InChI=1S/C25H24N4O4S/c1-3-12-29-24(22-14-31-19-10-6-7-11-20(19)33-22)27-28-25(29)34-15-23(30)26-16(2)21-13-17-8-4-5-9-18(17)32-21/h3-11,13,16,22H,1,12,14-15H2,2H3,(H,26,30). The molecule has 0 spiro atoms. The minimum atomic E-state index is -0.404. The molecule has 1 N–H and O–H groups in total. The second-order valence-corrected chi connectivity index (χ2v) is 8.81. The van der Waals surface area contributed by atoms with Gasteiger partial charge in [0.25, 0.3) is 0 Å². The van der Waals surface area contributed by atoms with Crippen LogP contribution in [0.5, 0.6) is 11.5 Å². The van der Waals surface area contributed by atoms with Gasteiger partial charge >= 0.3 is 0 Å². The number of rotatable bonds is 8. The molecule has 0 saturated carbocycles. The third-order valence-corrected chi connectivity index (χ3v) is 6.40. The maximum Gasteiger partial charge on any atom is 0.231 e. The third kappa shape index (κ3) is 4.51. The van der Waals surface area contributed by atoms with Gasteiger partial charge in [0.15, 0.2) is 28.6 Å². The van der Waals surface area contributed by atoms with Crippen LogP contribution in [0, 0.1) is 0 Å². The molecule has 0 radical (unpaired) electrons. The molecule has 2 aromatic heterocycles. The fourth-order valence-corrected chi connectivity index (χ4v) is 4.56. The van der Waals surface area contributed by atoms with E-state index in [4.69, 9.17) is 13.9 Å². The molecule has 1 aliphatic heterocycles. The van der Waals surface area contributed by atoms with E-state index in [0.29, 0.717) is 41.4 Å². The largest absolute Gasteiger partial charge is 0.485 e. The highest BCUT2D eigenvalue weighted by atomic mass is 32.2. The first-order valence-corrected chi connectivity index (χ1v) is 11.9. The summed E-state index contributed by atoms with van der Waals surface area (Å²) in [6.45, 7) is 6.55. The Hall–Kier alpha value is -3.72. The molecular formula is C25H24N4O4S. The fraction of sp³-hybridized carbons (Fsp3) is 0.240. The lowest BCUT2D eigenvalue weighted by molar-refractivity contribution is -0.119.